The molecule has 6 heteroatoms. The van der Waals surface area contributed by atoms with Crippen LogP contribution in [0.1, 0.15) is 16.7 Å². The van der Waals surface area contributed by atoms with E-state index in [1.165, 1.54) is 5.56 Å². The lowest BCUT2D eigenvalue weighted by Crippen LogP contribution is -2.01. The number of fused-ring (bicyclic) bond motifs is 1. The predicted molar refractivity (Wildman–Crippen MR) is 99.7 cm³/mol. The zero-order valence-corrected chi connectivity index (χ0v) is 14.2. The third-order valence-electron chi connectivity index (χ3n) is 4.05. The van der Waals surface area contributed by atoms with Crippen molar-refractivity contribution >= 4 is 28.5 Å². The maximum absolute atomic E-state index is 5.90. The van der Waals surface area contributed by atoms with Crippen molar-refractivity contribution in [2.24, 2.45) is 0 Å². The first-order chi connectivity index (χ1) is 12.3. The number of aromatic amines is 1. The quantitative estimate of drug-likeness (QED) is 0.566. The van der Waals surface area contributed by atoms with Gasteiger partial charge in [-0.1, -0.05) is 29.8 Å². The molecule has 4 rings (SSSR count). The molecular formula is C19H16ClN5. The fraction of sp³-hybridized carbons (Fsp3) is 0.105. The van der Waals surface area contributed by atoms with Gasteiger partial charge in [-0.3, -0.25) is 0 Å². The lowest BCUT2D eigenvalue weighted by Gasteiger charge is -2.07. The summed E-state index contributed by atoms with van der Waals surface area (Å²) < 4.78 is 0. The van der Waals surface area contributed by atoms with Gasteiger partial charge in [-0.2, -0.15) is 0 Å². The average Bonchev–Trinajstić information content (AvgIpc) is 3.06. The summed E-state index contributed by atoms with van der Waals surface area (Å²) >= 11 is 5.90. The molecule has 2 N–H and O–H groups in total. The molecule has 0 aliphatic carbocycles. The predicted octanol–water partition coefficient (Wildman–Crippen LogP) is 4.21. The Kier molecular flexibility index (Phi) is 4.31. The Bertz CT molecular complexity index is 977. The highest BCUT2D eigenvalue weighted by atomic mass is 35.5. The maximum Gasteiger partial charge on any atom is 0.140 e. The first-order valence-corrected chi connectivity index (χ1v) is 8.35. The molecule has 25 heavy (non-hydrogen) atoms. The Labute approximate surface area is 150 Å². The van der Waals surface area contributed by atoms with Gasteiger partial charge in [0, 0.05) is 42.0 Å². The molecule has 0 radical (unpaired) electrons. The van der Waals surface area contributed by atoms with Gasteiger partial charge in [0.2, 0.25) is 0 Å². The number of nitrogens with zero attached hydrogens (tertiary/aromatic N) is 3. The Morgan fingerprint density at radius 1 is 0.960 bits per heavy atom. The lowest BCUT2D eigenvalue weighted by atomic mass is 10.1. The van der Waals surface area contributed by atoms with Gasteiger partial charge < -0.3 is 10.3 Å². The molecule has 0 spiro atoms. The number of aromatic nitrogens is 4. The van der Waals surface area contributed by atoms with Crippen LogP contribution in [0.4, 0.5) is 5.82 Å². The van der Waals surface area contributed by atoms with Crippen molar-refractivity contribution in [2.45, 2.75) is 13.0 Å². The fourth-order valence-electron chi connectivity index (χ4n) is 2.71. The minimum Gasteiger partial charge on any atom is -0.366 e. The van der Waals surface area contributed by atoms with Gasteiger partial charge >= 0.3 is 0 Å². The first-order valence-electron chi connectivity index (χ1n) is 7.97. The van der Waals surface area contributed by atoms with E-state index in [0.717, 1.165) is 39.4 Å². The molecule has 0 saturated carbocycles. The van der Waals surface area contributed by atoms with Gasteiger partial charge in [0.15, 0.2) is 0 Å². The number of H-pyrrole nitrogens is 1. The second-order valence-electron chi connectivity index (χ2n) is 5.81. The van der Waals surface area contributed by atoms with Gasteiger partial charge in [-0.15, -0.1) is 0 Å². The van der Waals surface area contributed by atoms with Crippen molar-refractivity contribution in [3.63, 3.8) is 0 Å². The summed E-state index contributed by atoms with van der Waals surface area (Å²) in [5.74, 6) is 0.848. The maximum atomic E-state index is 5.90. The number of pyridine rings is 1. The van der Waals surface area contributed by atoms with Gasteiger partial charge in [0.1, 0.15) is 17.8 Å². The normalized spacial score (nSPS) is 10.9. The molecular weight excluding hydrogens is 334 g/mol. The van der Waals surface area contributed by atoms with E-state index in [9.17, 15) is 0 Å². The zero-order chi connectivity index (χ0) is 17.1. The summed E-state index contributed by atoms with van der Waals surface area (Å²) in [6.45, 7) is 0.712. The number of benzene rings is 1. The number of nitrogens with one attached hydrogen (secondary N) is 2. The smallest absolute Gasteiger partial charge is 0.140 e. The van der Waals surface area contributed by atoms with Crippen molar-refractivity contribution in [3.05, 3.63) is 83.0 Å². The van der Waals surface area contributed by atoms with Crippen molar-refractivity contribution in [1.82, 2.24) is 19.9 Å². The molecule has 4 aromatic rings. The number of hydrogen-bond donors (Lipinski definition) is 2. The van der Waals surface area contributed by atoms with Crippen LogP contribution in [-0.2, 0) is 13.0 Å². The molecule has 3 aromatic heterocycles. The minimum absolute atomic E-state index is 0.712. The summed E-state index contributed by atoms with van der Waals surface area (Å²) in [7, 11) is 0. The van der Waals surface area contributed by atoms with E-state index in [1.807, 2.05) is 48.9 Å². The summed E-state index contributed by atoms with van der Waals surface area (Å²) in [5.41, 5.74) is 4.33. The van der Waals surface area contributed by atoms with Crippen molar-refractivity contribution in [1.29, 1.82) is 0 Å². The summed E-state index contributed by atoms with van der Waals surface area (Å²) in [5, 5.41) is 5.11. The van der Waals surface area contributed by atoms with E-state index in [0.29, 0.717) is 6.54 Å². The van der Waals surface area contributed by atoms with Crippen LogP contribution in [0.25, 0.3) is 11.0 Å². The molecule has 3 heterocycles. The first kappa shape index (κ1) is 15.6. The molecule has 0 bridgehead atoms. The van der Waals surface area contributed by atoms with Crippen LogP contribution in [0.5, 0.6) is 0 Å². The monoisotopic (exact) mass is 349 g/mol. The van der Waals surface area contributed by atoms with Crippen molar-refractivity contribution in [3.8, 4) is 0 Å². The highest BCUT2D eigenvalue weighted by Crippen LogP contribution is 2.19. The Balaban J connectivity index is 1.42. The molecule has 1 aromatic carbocycles. The molecule has 124 valence electrons. The van der Waals surface area contributed by atoms with Gasteiger partial charge in [-0.05, 0) is 34.9 Å². The molecule has 0 aliphatic heterocycles. The number of anilines is 1. The second kappa shape index (κ2) is 6.91. The Hall–Kier alpha value is -2.92. The summed E-state index contributed by atoms with van der Waals surface area (Å²) in [6.07, 6.45) is 8.05. The van der Waals surface area contributed by atoms with Crippen LogP contribution in [0, 0.1) is 0 Å². The van der Waals surface area contributed by atoms with E-state index < -0.39 is 0 Å². The topological polar surface area (TPSA) is 66.5 Å². The van der Waals surface area contributed by atoms with Gasteiger partial charge in [-0.25, -0.2) is 15.0 Å². The highest BCUT2D eigenvalue weighted by Gasteiger charge is 2.06. The van der Waals surface area contributed by atoms with Gasteiger partial charge in [0.25, 0.3) is 0 Å². The van der Waals surface area contributed by atoms with Crippen LogP contribution < -0.4 is 5.32 Å². The molecule has 0 fully saturated rings. The largest absolute Gasteiger partial charge is 0.366 e. The van der Waals surface area contributed by atoms with E-state index in [1.54, 1.807) is 6.33 Å². The highest BCUT2D eigenvalue weighted by molar-refractivity contribution is 6.30. The molecule has 0 aliphatic rings. The van der Waals surface area contributed by atoms with Crippen LogP contribution in [-0.4, -0.2) is 19.9 Å². The number of rotatable bonds is 5. The summed E-state index contributed by atoms with van der Waals surface area (Å²) in [4.78, 5) is 16.0. The summed E-state index contributed by atoms with van der Waals surface area (Å²) in [6, 6.07) is 11.9. The fourth-order valence-corrected chi connectivity index (χ4v) is 2.83. The number of hydrogen-bond acceptors (Lipinski definition) is 4. The van der Waals surface area contributed by atoms with Crippen LogP contribution in [0.15, 0.2) is 61.3 Å². The minimum atomic E-state index is 0.712. The second-order valence-corrected chi connectivity index (χ2v) is 6.24. The average molecular weight is 350 g/mol. The van der Waals surface area contributed by atoms with Crippen LogP contribution in [0.2, 0.25) is 5.02 Å². The molecule has 0 unspecified atom stereocenters. The Morgan fingerprint density at radius 3 is 2.60 bits per heavy atom. The molecule has 5 nitrogen and oxygen atoms in total. The van der Waals surface area contributed by atoms with E-state index >= 15 is 0 Å². The van der Waals surface area contributed by atoms with Gasteiger partial charge in [0.05, 0.1) is 0 Å². The molecule has 0 amide bonds. The van der Waals surface area contributed by atoms with Crippen LogP contribution >= 0.6 is 11.6 Å². The third-order valence-corrected chi connectivity index (χ3v) is 4.30. The van der Waals surface area contributed by atoms with E-state index in [4.69, 9.17) is 11.6 Å². The van der Waals surface area contributed by atoms with Crippen molar-refractivity contribution < 1.29 is 0 Å². The molecule has 0 saturated heterocycles. The lowest BCUT2D eigenvalue weighted by molar-refractivity contribution is 1.09. The standard InChI is InChI=1S/C19H16ClN5/c20-16-4-1-13(2-5-16)8-22-18-6-3-14(9-23-18)7-15-10-24-19-17(15)11-21-12-25-19/h1-6,9-12H,7-8H2,(H,22,23)(H,21,24,25). The zero-order valence-electron chi connectivity index (χ0n) is 13.4. The molecule has 0 atom stereocenters. The number of halogens is 1. The van der Waals surface area contributed by atoms with Crippen molar-refractivity contribution in [2.75, 3.05) is 5.32 Å². The van der Waals surface area contributed by atoms with E-state index in [-0.39, 0.29) is 0 Å². The van der Waals surface area contributed by atoms with Crippen LogP contribution in [0.3, 0.4) is 0 Å². The third kappa shape index (κ3) is 3.61. The Morgan fingerprint density at radius 2 is 1.80 bits per heavy atom. The van der Waals surface area contributed by atoms with E-state index in [2.05, 4.69) is 31.3 Å². The SMILES string of the molecule is Clc1ccc(CNc2ccc(Cc3c[nH]c4ncncc34)cn2)cc1.